The summed E-state index contributed by atoms with van der Waals surface area (Å²) in [7, 11) is 0. The van der Waals surface area contributed by atoms with Crippen molar-refractivity contribution in [3.05, 3.63) is 35.9 Å². The Balaban J connectivity index is 1.87. The van der Waals surface area contributed by atoms with Gasteiger partial charge in [-0.3, -0.25) is 4.90 Å². The van der Waals surface area contributed by atoms with E-state index in [0.29, 0.717) is 5.92 Å². The molecule has 3 nitrogen and oxygen atoms in total. The summed E-state index contributed by atoms with van der Waals surface area (Å²) < 4.78 is 0. The molecule has 1 N–H and O–H groups in total. The summed E-state index contributed by atoms with van der Waals surface area (Å²) >= 11 is 0. The van der Waals surface area contributed by atoms with Crippen LogP contribution in [-0.4, -0.2) is 29.4 Å². The summed E-state index contributed by atoms with van der Waals surface area (Å²) in [6.07, 6.45) is 2.74. The lowest BCUT2D eigenvalue weighted by atomic mass is 10.1. The Kier molecular flexibility index (Phi) is 3.35. The van der Waals surface area contributed by atoms with Crippen LogP contribution >= 0.6 is 0 Å². The van der Waals surface area contributed by atoms with Gasteiger partial charge >= 0.3 is 0 Å². The van der Waals surface area contributed by atoms with Crippen LogP contribution in [0.4, 0.5) is 0 Å². The van der Waals surface area contributed by atoms with Crippen LogP contribution in [0.3, 0.4) is 0 Å². The SMILES string of the molecule is O/N=C\C1CCN(Cc2ccccc2)C1. The average molecular weight is 204 g/mol. The van der Waals surface area contributed by atoms with Crippen molar-refractivity contribution in [3.8, 4) is 0 Å². The van der Waals surface area contributed by atoms with Crippen LogP contribution in [0.25, 0.3) is 0 Å². The number of oxime groups is 1. The number of hydrogen-bond donors (Lipinski definition) is 1. The molecule has 0 aromatic heterocycles. The summed E-state index contributed by atoms with van der Waals surface area (Å²) in [4.78, 5) is 2.39. The van der Waals surface area contributed by atoms with E-state index in [1.807, 2.05) is 6.07 Å². The second-order valence-electron chi connectivity index (χ2n) is 4.03. The van der Waals surface area contributed by atoms with Crippen molar-refractivity contribution >= 4 is 6.21 Å². The van der Waals surface area contributed by atoms with E-state index >= 15 is 0 Å². The van der Waals surface area contributed by atoms with Gasteiger partial charge in [0.15, 0.2) is 0 Å². The second-order valence-corrected chi connectivity index (χ2v) is 4.03. The summed E-state index contributed by atoms with van der Waals surface area (Å²) in [6.45, 7) is 3.08. The predicted molar refractivity (Wildman–Crippen MR) is 60.1 cm³/mol. The van der Waals surface area contributed by atoms with Gasteiger partial charge in [-0.1, -0.05) is 30.3 Å². The zero-order chi connectivity index (χ0) is 10.5. The minimum atomic E-state index is 0.415. The highest BCUT2D eigenvalue weighted by Gasteiger charge is 2.20. The molecule has 3 heteroatoms. The molecule has 0 aliphatic carbocycles. The number of likely N-dealkylation sites (tertiary alicyclic amines) is 1. The van der Waals surface area contributed by atoms with Gasteiger partial charge in [0.05, 0.1) is 0 Å². The summed E-state index contributed by atoms with van der Waals surface area (Å²) in [5, 5.41) is 11.6. The van der Waals surface area contributed by atoms with Crippen molar-refractivity contribution in [2.75, 3.05) is 13.1 Å². The maximum atomic E-state index is 8.45. The first-order valence-electron chi connectivity index (χ1n) is 5.32. The van der Waals surface area contributed by atoms with E-state index in [1.165, 1.54) is 5.56 Å². The molecule has 1 atom stereocenters. The first-order valence-corrected chi connectivity index (χ1v) is 5.32. The van der Waals surface area contributed by atoms with Crippen LogP contribution in [0.5, 0.6) is 0 Å². The lowest BCUT2D eigenvalue weighted by Gasteiger charge is -2.14. The van der Waals surface area contributed by atoms with Gasteiger partial charge in [0.1, 0.15) is 0 Å². The standard InChI is InChI=1S/C12H16N2O/c15-13-8-12-6-7-14(10-12)9-11-4-2-1-3-5-11/h1-5,8,12,15H,6-7,9-10H2/b13-8-. The van der Waals surface area contributed by atoms with Gasteiger partial charge in [-0.2, -0.15) is 0 Å². The highest BCUT2D eigenvalue weighted by molar-refractivity contribution is 5.60. The van der Waals surface area contributed by atoms with E-state index in [-0.39, 0.29) is 0 Å². The van der Waals surface area contributed by atoms with Crippen LogP contribution in [-0.2, 0) is 6.54 Å². The molecule has 0 bridgehead atoms. The molecule has 80 valence electrons. The lowest BCUT2D eigenvalue weighted by Crippen LogP contribution is -2.20. The Labute approximate surface area is 90.0 Å². The maximum Gasteiger partial charge on any atom is 0.0480 e. The van der Waals surface area contributed by atoms with Crippen molar-refractivity contribution in [2.24, 2.45) is 11.1 Å². The van der Waals surface area contributed by atoms with E-state index < -0.39 is 0 Å². The van der Waals surface area contributed by atoms with Gasteiger partial charge in [-0.05, 0) is 18.5 Å². The van der Waals surface area contributed by atoms with Crippen LogP contribution < -0.4 is 0 Å². The van der Waals surface area contributed by atoms with E-state index in [2.05, 4.69) is 34.3 Å². The Bertz CT molecular complexity index is 324. The topological polar surface area (TPSA) is 35.8 Å². The number of hydrogen-bond acceptors (Lipinski definition) is 3. The van der Waals surface area contributed by atoms with E-state index in [4.69, 9.17) is 5.21 Å². The molecular weight excluding hydrogens is 188 g/mol. The van der Waals surface area contributed by atoms with Crippen molar-refractivity contribution in [1.29, 1.82) is 0 Å². The Morgan fingerprint density at radius 2 is 2.20 bits per heavy atom. The lowest BCUT2D eigenvalue weighted by molar-refractivity contribution is 0.312. The largest absolute Gasteiger partial charge is 0.411 e. The first kappa shape index (κ1) is 10.2. The van der Waals surface area contributed by atoms with Crippen LogP contribution in [0.15, 0.2) is 35.5 Å². The third-order valence-corrected chi connectivity index (χ3v) is 2.84. The third kappa shape index (κ3) is 2.80. The number of benzene rings is 1. The Hall–Kier alpha value is -1.35. The molecule has 2 rings (SSSR count). The predicted octanol–water partition coefficient (Wildman–Crippen LogP) is 1.97. The zero-order valence-electron chi connectivity index (χ0n) is 8.71. The molecule has 1 aliphatic rings. The van der Waals surface area contributed by atoms with Gasteiger partial charge in [0.2, 0.25) is 0 Å². The molecule has 1 aliphatic heterocycles. The molecule has 15 heavy (non-hydrogen) atoms. The minimum absolute atomic E-state index is 0.415. The van der Waals surface area contributed by atoms with E-state index in [9.17, 15) is 0 Å². The van der Waals surface area contributed by atoms with E-state index in [0.717, 1.165) is 26.1 Å². The first-order chi connectivity index (χ1) is 7.38. The van der Waals surface area contributed by atoms with Crippen LogP contribution in [0.1, 0.15) is 12.0 Å². The monoisotopic (exact) mass is 204 g/mol. The smallest absolute Gasteiger partial charge is 0.0480 e. The fraction of sp³-hybridized carbons (Fsp3) is 0.417. The van der Waals surface area contributed by atoms with Gasteiger partial charge in [0, 0.05) is 25.2 Å². The molecule has 0 amide bonds. The van der Waals surface area contributed by atoms with Crippen LogP contribution in [0.2, 0.25) is 0 Å². The molecule has 1 saturated heterocycles. The van der Waals surface area contributed by atoms with Gasteiger partial charge < -0.3 is 5.21 Å². The average Bonchev–Trinajstić information content (AvgIpc) is 2.68. The zero-order valence-corrected chi connectivity index (χ0v) is 8.71. The fourth-order valence-corrected chi connectivity index (χ4v) is 2.06. The van der Waals surface area contributed by atoms with Crippen molar-refractivity contribution < 1.29 is 5.21 Å². The highest BCUT2D eigenvalue weighted by atomic mass is 16.4. The summed E-state index contributed by atoms with van der Waals surface area (Å²) in [6, 6.07) is 10.5. The molecule has 1 aromatic rings. The Morgan fingerprint density at radius 1 is 1.40 bits per heavy atom. The molecule has 1 unspecified atom stereocenters. The molecular formula is C12H16N2O. The Morgan fingerprint density at radius 3 is 2.93 bits per heavy atom. The van der Waals surface area contributed by atoms with Gasteiger partial charge in [0.25, 0.3) is 0 Å². The molecule has 0 radical (unpaired) electrons. The summed E-state index contributed by atoms with van der Waals surface area (Å²) in [5.74, 6) is 0.415. The quantitative estimate of drug-likeness (QED) is 0.464. The third-order valence-electron chi connectivity index (χ3n) is 2.84. The molecule has 0 spiro atoms. The molecule has 0 saturated carbocycles. The molecule has 1 heterocycles. The van der Waals surface area contributed by atoms with Gasteiger partial charge in [-0.15, -0.1) is 5.16 Å². The number of nitrogens with zero attached hydrogens (tertiary/aromatic N) is 2. The van der Waals surface area contributed by atoms with Crippen molar-refractivity contribution in [2.45, 2.75) is 13.0 Å². The fourth-order valence-electron chi connectivity index (χ4n) is 2.06. The summed E-state index contributed by atoms with van der Waals surface area (Å²) in [5.41, 5.74) is 1.35. The van der Waals surface area contributed by atoms with E-state index in [1.54, 1.807) is 6.21 Å². The molecule has 1 fully saturated rings. The molecule has 1 aromatic carbocycles. The minimum Gasteiger partial charge on any atom is -0.411 e. The van der Waals surface area contributed by atoms with Crippen LogP contribution in [0, 0.1) is 5.92 Å². The number of rotatable bonds is 3. The highest BCUT2D eigenvalue weighted by Crippen LogP contribution is 2.16. The maximum absolute atomic E-state index is 8.45. The van der Waals surface area contributed by atoms with Gasteiger partial charge in [-0.25, -0.2) is 0 Å². The second kappa shape index (κ2) is 4.94. The normalized spacial score (nSPS) is 22.5. The van der Waals surface area contributed by atoms with Crippen molar-refractivity contribution in [1.82, 2.24) is 4.90 Å². The van der Waals surface area contributed by atoms with Crippen molar-refractivity contribution in [3.63, 3.8) is 0 Å².